The minimum absolute atomic E-state index is 0.625. The molecule has 1 aromatic heterocycles. The normalized spacial score (nSPS) is 11.6. The summed E-state index contributed by atoms with van der Waals surface area (Å²) >= 11 is 0. The van der Waals surface area contributed by atoms with E-state index in [0.717, 1.165) is 37.6 Å². The molecule has 0 bridgehead atoms. The lowest BCUT2D eigenvalue weighted by Gasteiger charge is -2.05. The van der Waals surface area contributed by atoms with Crippen LogP contribution in [0.1, 0.15) is 39.3 Å². The SMILES string of the molecule is CC(C)CNCCc1ncc(CC(C)C)o1. The van der Waals surface area contributed by atoms with Crippen molar-refractivity contribution in [2.24, 2.45) is 11.8 Å². The predicted molar refractivity (Wildman–Crippen MR) is 66.5 cm³/mol. The Hall–Kier alpha value is -0.830. The summed E-state index contributed by atoms with van der Waals surface area (Å²) in [6, 6.07) is 0. The molecule has 0 radical (unpaired) electrons. The van der Waals surface area contributed by atoms with Gasteiger partial charge in [-0.05, 0) is 18.4 Å². The highest BCUT2D eigenvalue weighted by atomic mass is 16.4. The van der Waals surface area contributed by atoms with Gasteiger partial charge in [0.25, 0.3) is 0 Å². The second kappa shape index (κ2) is 6.69. The molecule has 0 aliphatic rings. The molecule has 0 aliphatic carbocycles. The summed E-state index contributed by atoms with van der Waals surface area (Å²) in [5.74, 6) is 3.18. The molecule has 3 heteroatoms. The molecular weight excluding hydrogens is 200 g/mol. The first kappa shape index (κ1) is 13.2. The van der Waals surface area contributed by atoms with Crippen LogP contribution >= 0.6 is 0 Å². The Morgan fingerprint density at radius 1 is 1.25 bits per heavy atom. The van der Waals surface area contributed by atoms with Crippen LogP contribution in [0, 0.1) is 11.8 Å². The van der Waals surface area contributed by atoms with E-state index >= 15 is 0 Å². The van der Waals surface area contributed by atoms with Crippen molar-refractivity contribution in [1.29, 1.82) is 0 Å². The molecule has 92 valence electrons. The minimum atomic E-state index is 0.625. The Labute approximate surface area is 98.6 Å². The molecule has 0 fully saturated rings. The molecule has 0 spiro atoms. The van der Waals surface area contributed by atoms with Crippen LogP contribution in [0.15, 0.2) is 10.6 Å². The van der Waals surface area contributed by atoms with Gasteiger partial charge in [0.1, 0.15) is 5.76 Å². The van der Waals surface area contributed by atoms with Gasteiger partial charge in [0.2, 0.25) is 0 Å². The summed E-state index contributed by atoms with van der Waals surface area (Å²) < 4.78 is 5.65. The van der Waals surface area contributed by atoms with Crippen LogP contribution < -0.4 is 5.32 Å². The Balaban J connectivity index is 2.24. The summed E-state index contributed by atoms with van der Waals surface area (Å²) in [4.78, 5) is 4.28. The Kier molecular flexibility index (Phi) is 5.53. The van der Waals surface area contributed by atoms with Gasteiger partial charge < -0.3 is 9.73 Å². The highest BCUT2D eigenvalue weighted by molar-refractivity contribution is 4.95. The van der Waals surface area contributed by atoms with E-state index in [2.05, 4.69) is 38.0 Å². The summed E-state index contributed by atoms with van der Waals surface area (Å²) in [5.41, 5.74) is 0. The smallest absolute Gasteiger partial charge is 0.195 e. The second-order valence-electron chi connectivity index (χ2n) is 5.17. The molecule has 1 heterocycles. The Morgan fingerprint density at radius 2 is 2.00 bits per heavy atom. The quantitative estimate of drug-likeness (QED) is 0.724. The van der Waals surface area contributed by atoms with Crippen LogP contribution in [0.25, 0.3) is 0 Å². The lowest BCUT2D eigenvalue weighted by Crippen LogP contribution is -2.22. The molecule has 1 rings (SSSR count). The van der Waals surface area contributed by atoms with Gasteiger partial charge in [0.05, 0.1) is 6.20 Å². The van der Waals surface area contributed by atoms with E-state index in [4.69, 9.17) is 4.42 Å². The minimum Gasteiger partial charge on any atom is -0.446 e. The first-order valence-corrected chi connectivity index (χ1v) is 6.22. The zero-order chi connectivity index (χ0) is 12.0. The fourth-order valence-electron chi connectivity index (χ4n) is 1.55. The number of nitrogens with one attached hydrogen (secondary N) is 1. The van der Waals surface area contributed by atoms with Crippen molar-refractivity contribution >= 4 is 0 Å². The van der Waals surface area contributed by atoms with Gasteiger partial charge in [-0.2, -0.15) is 0 Å². The molecule has 0 saturated carbocycles. The van der Waals surface area contributed by atoms with Crippen LogP contribution in [0.5, 0.6) is 0 Å². The van der Waals surface area contributed by atoms with E-state index in [1.165, 1.54) is 0 Å². The fourth-order valence-corrected chi connectivity index (χ4v) is 1.55. The van der Waals surface area contributed by atoms with Crippen molar-refractivity contribution in [3.05, 3.63) is 17.8 Å². The Morgan fingerprint density at radius 3 is 2.62 bits per heavy atom. The van der Waals surface area contributed by atoms with E-state index in [1.54, 1.807) is 0 Å². The highest BCUT2D eigenvalue weighted by Crippen LogP contribution is 2.09. The molecule has 1 N–H and O–H groups in total. The number of hydrogen-bond acceptors (Lipinski definition) is 3. The van der Waals surface area contributed by atoms with Gasteiger partial charge in [-0.1, -0.05) is 27.7 Å². The lowest BCUT2D eigenvalue weighted by molar-refractivity contribution is 0.425. The number of oxazole rings is 1. The monoisotopic (exact) mass is 224 g/mol. The zero-order valence-electron chi connectivity index (χ0n) is 10.9. The second-order valence-corrected chi connectivity index (χ2v) is 5.17. The predicted octanol–water partition coefficient (Wildman–Crippen LogP) is 2.66. The van der Waals surface area contributed by atoms with Gasteiger partial charge in [-0.25, -0.2) is 4.98 Å². The molecular formula is C13H24N2O. The maximum absolute atomic E-state index is 5.65. The molecule has 0 aliphatic heterocycles. The first-order valence-electron chi connectivity index (χ1n) is 6.22. The maximum atomic E-state index is 5.65. The van der Waals surface area contributed by atoms with E-state index in [1.807, 2.05) is 6.20 Å². The lowest BCUT2D eigenvalue weighted by atomic mass is 10.1. The summed E-state index contributed by atoms with van der Waals surface area (Å²) in [6.45, 7) is 10.8. The molecule has 0 amide bonds. The molecule has 3 nitrogen and oxygen atoms in total. The summed E-state index contributed by atoms with van der Waals surface area (Å²) in [5, 5.41) is 3.38. The van der Waals surface area contributed by atoms with Crippen LogP contribution in [0.3, 0.4) is 0 Å². The summed E-state index contributed by atoms with van der Waals surface area (Å²) in [6.07, 6.45) is 3.72. The molecule has 0 unspecified atom stereocenters. The van der Waals surface area contributed by atoms with E-state index in [9.17, 15) is 0 Å². The van der Waals surface area contributed by atoms with E-state index in [-0.39, 0.29) is 0 Å². The van der Waals surface area contributed by atoms with Crippen LogP contribution in [0.4, 0.5) is 0 Å². The van der Waals surface area contributed by atoms with Crippen LogP contribution in [-0.2, 0) is 12.8 Å². The van der Waals surface area contributed by atoms with Crippen LogP contribution in [-0.4, -0.2) is 18.1 Å². The fraction of sp³-hybridized carbons (Fsp3) is 0.769. The van der Waals surface area contributed by atoms with Crippen molar-refractivity contribution in [3.63, 3.8) is 0 Å². The van der Waals surface area contributed by atoms with Crippen molar-refractivity contribution in [1.82, 2.24) is 10.3 Å². The third-order valence-electron chi connectivity index (χ3n) is 2.28. The number of nitrogens with zero attached hydrogens (tertiary/aromatic N) is 1. The average molecular weight is 224 g/mol. The zero-order valence-corrected chi connectivity index (χ0v) is 10.9. The largest absolute Gasteiger partial charge is 0.446 e. The van der Waals surface area contributed by atoms with Gasteiger partial charge in [0.15, 0.2) is 5.89 Å². The number of hydrogen-bond donors (Lipinski definition) is 1. The standard InChI is InChI=1S/C13H24N2O/c1-10(2)7-12-9-15-13(16-12)5-6-14-8-11(3)4/h9-11,14H,5-8H2,1-4H3. The third-order valence-corrected chi connectivity index (χ3v) is 2.28. The van der Waals surface area contributed by atoms with E-state index < -0.39 is 0 Å². The Bertz CT molecular complexity index is 292. The molecule has 0 atom stereocenters. The average Bonchev–Trinajstić information content (AvgIpc) is 2.59. The summed E-state index contributed by atoms with van der Waals surface area (Å²) in [7, 11) is 0. The molecule has 0 saturated heterocycles. The third kappa shape index (κ3) is 5.31. The number of aromatic nitrogens is 1. The van der Waals surface area contributed by atoms with Gasteiger partial charge in [-0.15, -0.1) is 0 Å². The first-order chi connectivity index (χ1) is 7.58. The van der Waals surface area contributed by atoms with E-state index in [0.29, 0.717) is 11.8 Å². The van der Waals surface area contributed by atoms with Crippen molar-refractivity contribution in [2.75, 3.05) is 13.1 Å². The van der Waals surface area contributed by atoms with Crippen LogP contribution in [0.2, 0.25) is 0 Å². The van der Waals surface area contributed by atoms with Crippen molar-refractivity contribution in [2.45, 2.75) is 40.5 Å². The molecule has 16 heavy (non-hydrogen) atoms. The maximum Gasteiger partial charge on any atom is 0.195 e. The molecule has 0 aromatic carbocycles. The van der Waals surface area contributed by atoms with Gasteiger partial charge in [-0.3, -0.25) is 0 Å². The van der Waals surface area contributed by atoms with Gasteiger partial charge >= 0.3 is 0 Å². The highest BCUT2D eigenvalue weighted by Gasteiger charge is 2.05. The van der Waals surface area contributed by atoms with Crippen molar-refractivity contribution < 1.29 is 4.42 Å². The van der Waals surface area contributed by atoms with Gasteiger partial charge in [0, 0.05) is 19.4 Å². The number of rotatable bonds is 7. The van der Waals surface area contributed by atoms with Crippen molar-refractivity contribution in [3.8, 4) is 0 Å². The molecule has 1 aromatic rings. The topological polar surface area (TPSA) is 38.1 Å².